The molecule has 2 aliphatic heterocycles. The van der Waals surface area contributed by atoms with Crippen LogP contribution in [0.25, 0.3) is 0 Å². The number of rotatable bonds is 4. The van der Waals surface area contributed by atoms with E-state index in [0.29, 0.717) is 42.7 Å². The molecule has 2 fully saturated rings. The lowest BCUT2D eigenvalue weighted by Crippen LogP contribution is -2.61. The second-order valence-electron chi connectivity index (χ2n) is 8.71. The lowest BCUT2D eigenvalue weighted by molar-refractivity contribution is -0.129. The Labute approximate surface area is 191 Å². The van der Waals surface area contributed by atoms with Crippen molar-refractivity contribution in [2.45, 2.75) is 44.1 Å². The first-order valence-electron chi connectivity index (χ1n) is 11.3. The van der Waals surface area contributed by atoms with Gasteiger partial charge >= 0.3 is 5.97 Å². The summed E-state index contributed by atoms with van der Waals surface area (Å²) in [5, 5.41) is 2.93. The van der Waals surface area contributed by atoms with E-state index in [2.05, 4.69) is 5.32 Å². The number of esters is 1. The van der Waals surface area contributed by atoms with Crippen molar-refractivity contribution in [1.82, 2.24) is 0 Å². The van der Waals surface area contributed by atoms with Crippen molar-refractivity contribution in [3.8, 4) is 0 Å². The summed E-state index contributed by atoms with van der Waals surface area (Å²) in [4.78, 5) is 54.0. The van der Waals surface area contributed by atoms with Crippen LogP contribution in [0, 0.1) is 0 Å². The zero-order chi connectivity index (χ0) is 23.0. The van der Waals surface area contributed by atoms with Crippen LogP contribution in [0.3, 0.4) is 0 Å². The number of para-hydroxylation sites is 2. The highest BCUT2D eigenvalue weighted by Crippen LogP contribution is 2.45. The minimum atomic E-state index is -0.943. The van der Waals surface area contributed by atoms with E-state index in [4.69, 9.17) is 4.74 Å². The van der Waals surface area contributed by atoms with E-state index >= 15 is 0 Å². The Kier molecular flexibility index (Phi) is 5.36. The molecule has 1 saturated carbocycles. The number of nitrogens with one attached hydrogen (secondary N) is 1. The summed E-state index contributed by atoms with van der Waals surface area (Å²) in [6, 6.07) is 13.8. The third-order valence-electron chi connectivity index (χ3n) is 6.74. The Morgan fingerprint density at radius 1 is 0.970 bits per heavy atom. The Morgan fingerprint density at radius 3 is 2.39 bits per heavy atom. The highest BCUT2D eigenvalue weighted by molar-refractivity contribution is 6.15. The molecular formula is C25H25N3O5. The molecule has 1 spiro atoms. The van der Waals surface area contributed by atoms with Crippen molar-refractivity contribution < 1.29 is 23.9 Å². The lowest BCUT2D eigenvalue weighted by Gasteiger charge is -2.44. The van der Waals surface area contributed by atoms with Crippen LogP contribution in [-0.2, 0) is 19.1 Å². The molecule has 0 atom stereocenters. The second-order valence-corrected chi connectivity index (χ2v) is 8.71. The van der Waals surface area contributed by atoms with E-state index in [1.165, 1.54) is 4.90 Å². The van der Waals surface area contributed by atoms with Crippen LogP contribution in [0.5, 0.6) is 0 Å². The van der Waals surface area contributed by atoms with Crippen molar-refractivity contribution in [3.63, 3.8) is 0 Å². The van der Waals surface area contributed by atoms with E-state index in [1.54, 1.807) is 47.4 Å². The number of amides is 3. The number of fused-ring (bicyclic) bond motifs is 1. The van der Waals surface area contributed by atoms with Crippen molar-refractivity contribution in [2.24, 2.45) is 0 Å². The van der Waals surface area contributed by atoms with Gasteiger partial charge in [-0.1, -0.05) is 25.0 Å². The van der Waals surface area contributed by atoms with Gasteiger partial charge in [0, 0.05) is 18.7 Å². The zero-order valence-electron chi connectivity index (χ0n) is 18.2. The van der Waals surface area contributed by atoms with Crippen LogP contribution >= 0.6 is 0 Å². The van der Waals surface area contributed by atoms with Crippen LogP contribution in [0.2, 0.25) is 0 Å². The summed E-state index contributed by atoms with van der Waals surface area (Å²) in [5.41, 5.74) is 1.29. The number of benzene rings is 2. The maximum absolute atomic E-state index is 13.3. The van der Waals surface area contributed by atoms with Gasteiger partial charge in [0.15, 0.2) is 6.61 Å². The fraction of sp³-hybridized carbons (Fsp3) is 0.360. The van der Waals surface area contributed by atoms with Gasteiger partial charge in [-0.25, -0.2) is 4.79 Å². The van der Waals surface area contributed by atoms with Crippen LogP contribution in [-0.4, -0.2) is 42.4 Å². The average molecular weight is 447 g/mol. The molecule has 3 aliphatic rings. The summed E-state index contributed by atoms with van der Waals surface area (Å²) in [6.45, 7) is 0.207. The van der Waals surface area contributed by atoms with Gasteiger partial charge in [-0.05, 0) is 55.7 Å². The molecule has 1 saturated heterocycles. The number of hydrogen-bond donors (Lipinski definition) is 1. The first kappa shape index (κ1) is 21.2. The molecule has 170 valence electrons. The van der Waals surface area contributed by atoms with Crippen molar-refractivity contribution in [3.05, 3.63) is 54.1 Å². The van der Waals surface area contributed by atoms with E-state index in [1.807, 2.05) is 6.07 Å². The molecule has 3 amide bonds. The monoisotopic (exact) mass is 447 g/mol. The molecule has 5 rings (SSSR count). The van der Waals surface area contributed by atoms with Crippen LogP contribution in [0.1, 0.15) is 48.9 Å². The maximum Gasteiger partial charge on any atom is 0.338 e. The van der Waals surface area contributed by atoms with Crippen molar-refractivity contribution in [1.29, 1.82) is 0 Å². The largest absolute Gasteiger partial charge is 0.452 e. The Hall–Kier alpha value is -3.68. The highest BCUT2D eigenvalue weighted by Gasteiger charge is 2.52. The van der Waals surface area contributed by atoms with Gasteiger partial charge in [0.05, 0.1) is 16.9 Å². The van der Waals surface area contributed by atoms with Gasteiger partial charge in [0.1, 0.15) is 5.54 Å². The third kappa shape index (κ3) is 3.65. The first-order chi connectivity index (χ1) is 16.0. The molecule has 1 aliphatic carbocycles. The normalized spacial score (nSPS) is 18.9. The average Bonchev–Trinajstić information content (AvgIpc) is 3.48. The fourth-order valence-electron chi connectivity index (χ4n) is 5.10. The van der Waals surface area contributed by atoms with Crippen LogP contribution in [0.4, 0.5) is 17.1 Å². The predicted molar refractivity (Wildman–Crippen MR) is 122 cm³/mol. The number of nitrogens with zero attached hydrogens (tertiary/aromatic N) is 2. The van der Waals surface area contributed by atoms with E-state index < -0.39 is 24.0 Å². The Bertz CT molecular complexity index is 1120. The molecule has 2 aromatic carbocycles. The summed E-state index contributed by atoms with van der Waals surface area (Å²) in [5.74, 6) is -1.17. The quantitative estimate of drug-likeness (QED) is 0.726. The number of hydrogen-bond acceptors (Lipinski definition) is 5. The second kappa shape index (κ2) is 8.35. The smallest absolute Gasteiger partial charge is 0.338 e. The molecule has 1 N–H and O–H groups in total. The lowest BCUT2D eigenvalue weighted by atomic mass is 9.90. The van der Waals surface area contributed by atoms with E-state index in [-0.39, 0.29) is 11.8 Å². The first-order valence-corrected chi connectivity index (χ1v) is 11.3. The molecule has 2 heterocycles. The summed E-state index contributed by atoms with van der Waals surface area (Å²) in [7, 11) is 0. The maximum atomic E-state index is 13.3. The molecule has 0 radical (unpaired) electrons. The number of carbonyl (C=O) groups is 4. The molecule has 0 bridgehead atoms. The summed E-state index contributed by atoms with van der Waals surface area (Å²) in [6.07, 6.45) is 4.21. The van der Waals surface area contributed by atoms with E-state index in [0.717, 1.165) is 24.9 Å². The predicted octanol–water partition coefficient (Wildman–Crippen LogP) is 3.27. The van der Waals surface area contributed by atoms with Gasteiger partial charge in [-0.2, -0.15) is 0 Å². The standard InChI is InChI=1S/C25H25N3O5/c29-21-8-5-15-27(21)18-11-9-17(10-12-18)23(31)33-16-22(30)28-20-7-2-1-6-19(20)26-24(32)25(28)13-3-4-14-25/h1-2,6-7,9-12H,3-5,8,13-16H2,(H,26,32). The minimum Gasteiger partial charge on any atom is -0.452 e. The van der Waals surface area contributed by atoms with Gasteiger partial charge in [-0.3, -0.25) is 19.3 Å². The van der Waals surface area contributed by atoms with Crippen LogP contribution in [0.15, 0.2) is 48.5 Å². The van der Waals surface area contributed by atoms with Gasteiger partial charge < -0.3 is 15.0 Å². The van der Waals surface area contributed by atoms with Crippen molar-refractivity contribution in [2.75, 3.05) is 28.3 Å². The third-order valence-corrected chi connectivity index (χ3v) is 6.74. The molecule has 33 heavy (non-hydrogen) atoms. The molecule has 2 aromatic rings. The zero-order valence-corrected chi connectivity index (χ0v) is 18.2. The van der Waals surface area contributed by atoms with Crippen LogP contribution < -0.4 is 15.1 Å². The number of anilines is 3. The minimum absolute atomic E-state index is 0.0719. The SMILES string of the molecule is O=C(OCC(=O)N1c2ccccc2NC(=O)C12CCCC2)c1ccc(N2CCCC2=O)cc1. The number of carbonyl (C=O) groups excluding carboxylic acids is 4. The molecule has 8 heteroatoms. The topological polar surface area (TPSA) is 96.0 Å². The highest BCUT2D eigenvalue weighted by atomic mass is 16.5. The fourth-order valence-corrected chi connectivity index (χ4v) is 5.10. The van der Waals surface area contributed by atoms with Gasteiger partial charge in [0.25, 0.3) is 11.8 Å². The van der Waals surface area contributed by atoms with Crippen molar-refractivity contribution >= 4 is 40.8 Å². The Morgan fingerprint density at radius 2 is 1.70 bits per heavy atom. The molecule has 0 aromatic heterocycles. The van der Waals surface area contributed by atoms with Gasteiger partial charge in [-0.15, -0.1) is 0 Å². The molecular weight excluding hydrogens is 422 g/mol. The van der Waals surface area contributed by atoms with Gasteiger partial charge in [0.2, 0.25) is 5.91 Å². The van der Waals surface area contributed by atoms with E-state index in [9.17, 15) is 19.2 Å². The Balaban J connectivity index is 1.31. The summed E-state index contributed by atoms with van der Waals surface area (Å²) < 4.78 is 5.34. The number of ether oxygens (including phenoxy) is 1. The molecule has 8 nitrogen and oxygen atoms in total. The molecule has 0 unspecified atom stereocenters. The summed E-state index contributed by atoms with van der Waals surface area (Å²) >= 11 is 0.